The van der Waals surface area contributed by atoms with E-state index < -0.39 is 0 Å². The molecule has 0 spiro atoms. The number of hydrogen-bond donors (Lipinski definition) is 1. The molecule has 6 heteroatoms. The van der Waals surface area contributed by atoms with Gasteiger partial charge < -0.3 is 5.32 Å². The van der Waals surface area contributed by atoms with Crippen LogP contribution in [0.5, 0.6) is 0 Å². The quantitative estimate of drug-likeness (QED) is 0.920. The zero-order valence-electron chi connectivity index (χ0n) is 11.3. The van der Waals surface area contributed by atoms with Gasteiger partial charge in [-0.15, -0.1) is 21.5 Å². The van der Waals surface area contributed by atoms with Crippen LogP contribution in [0, 0.1) is 0 Å². The summed E-state index contributed by atoms with van der Waals surface area (Å²) in [4.78, 5) is 3.09. The number of rotatable bonds is 4. The first kappa shape index (κ1) is 12.7. The van der Waals surface area contributed by atoms with Crippen molar-refractivity contribution < 1.29 is 0 Å². The molecule has 0 aliphatic heterocycles. The van der Waals surface area contributed by atoms with E-state index in [0.717, 1.165) is 12.2 Å². The summed E-state index contributed by atoms with van der Waals surface area (Å²) >= 11 is 1.89. The lowest BCUT2D eigenvalue weighted by Crippen LogP contribution is -2.36. The molecule has 0 bridgehead atoms. The summed E-state index contributed by atoms with van der Waals surface area (Å²) in [6, 6.07) is 2.68. The number of likely N-dealkylation sites (N-methyl/N-ethyl adjacent to an activating group) is 1. The van der Waals surface area contributed by atoms with E-state index in [1.165, 1.54) is 29.6 Å². The molecule has 1 N–H and O–H groups in total. The Morgan fingerprint density at radius 2 is 2.47 bits per heavy atom. The maximum atomic E-state index is 4.29. The van der Waals surface area contributed by atoms with Crippen molar-refractivity contribution in [2.45, 2.75) is 37.6 Å². The monoisotopic (exact) mass is 277 g/mol. The predicted octanol–water partition coefficient (Wildman–Crippen LogP) is 1.52. The van der Waals surface area contributed by atoms with Gasteiger partial charge in [0.15, 0.2) is 5.82 Å². The highest BCUT2D eigenvalue weighted by molar-refractivity contribution is 7.10. The van der Waals surface area contributed by atoms with Crippen LogP contribution in [-0.2, 0) is 19.9 Å². The fourth-order valence-electron chi connectivity index (χ4n) is 2.99. The zero-order valence-corrected chi connectivity index (χ0v) is 12.2. The van der Waals surface area contributed by atoms with E-state index in [-0.39, 0.29) is 0 Å². The summed E-state index contributed by atoms with van der Waals surface area (Å²) in [6.07, 6.45) is 4.60. The molecular formula is C13H19N5S. The van der Waals surface area contributed by atoms with Gasteiger partial charge in [-0.25, -0.2) is 0 Å². The van der Waals surface area contributed by atoms with Crippen molar-refractivity contribution in [2.75, 3.05) is 7.05 Å². The molecule has 3 rings (SSSR count). The Bertz CT molecular complexity index is 547. The normalized spacial score (nSPS) is 20.2. The Morgan fingerprint density at radius 1 is 1.58 bits per heavy atom. The van der Waals surface area contributed by atoms with Gasteiger partial charge in [-0.3, -0.25) is 0 Å². The number of nitrogens with zero attached hydrogens (tertiary/aromatic N) is 4. The standard InChI is InChI=1S/C13H19N5S/c1-14-11(8-13-15-17-18(2)16-13)9-4-3-5-12-10(9)6-7-19-12/h6-7,9,11,14H,3-5,8H2,1-2H3. The van der Waals surface area contributed by atoms with Gasteiger partial charge in [-0.05, 0) is 48.5 Å². The predicted molar refractivity (Wildman–Crippen MR) is 75.3 cm³/mol. The van der Waals surface area contributed by atoms with Gasteiger partial charge in [0.05, 0.1) is 7.05 Å². The van der Waals surface area contributed by atoms with E-state index in [1.807, 2.05) is 25.4 Å². The van der Waals surface area contributed by atoms with Crippen molar-refractivity contribution in [1.82, 2.24) is 25.5 Å². The maximum absolute atomic E-state index is 4.29. The summed E-state index contributed by atoms with van der Waals surface area (Å²) in [6.45, 7) is 0. The molecule has 5 nitrogen and oxygen atoms in total. The molecule has 0 fully saturated rings. The van der Waals surface area contributed by atoms with E-state index >= 15 is 0 Å². The second-order valence-corrected chi connectivity index (χ2v) is 6.09. The Hall–Kier alpha value is -1.27. The average molecular weight is 277 g/mol. The maximum Gasteiger partial charge on any atom is 0.176 e. The van der Waals surface area contributed by atoms with Crippen LogP contribution in [0.4, 0.5) is 0 Å². The highest BCUT2D eigenvalue weighted by Gasteiger charge is 2.28. The summed E-state index contributed by atoms with van der Waals surface area (Å²) in [5.41, 5.74) is 1.53. The van der Waals surface area contributed by atoms with Crippen LogP contribution in [0.3, 0.4) is 0 Å². The van der Waals surface area contributed by atoms with Crippen LogP contribution in [0.2, 0.25) is 0 Å². The van der Waals surface area contributed by atoms with Crippen LogP contribution in [0.1, 0.15) is 35.0 Å². The molecule has 19 heavy (non-hydrogen) atoms. The van der Waals surface area contributed by atoms with Crippen LogP contribution >= 0.6 is 11.3 Å². The van der Waals surface area contributed by atoms with Crippen LogP contribution < -0.4 is 5.32 Å². The van der Waals surface area contributed by atoms with E-state index in [9.17, 15) is 0 Å². The third kappa shape index (κ3) is 2.55. The molecule has 0 radical (unpaired) electrons. The number of aromatic nitrogens is 4. The van der Waals surface area contributed by atoms with Crippen molar-refractivity contribution in [2.24, 2.45) is 7.05 Å². The minimum Gasteiger partial charge on any atom is -0.316 e. The van der Waals surface area contributed by atoms with Crippen molar-refractivity contribution in [3.8, 4) is 0 Å². The van der Waals surface area contributed by atoms with Gasteiger partial charge in [0.1, 0.15) is 0 Å². The number of thiophene rings is 1. The van der Waals surface area contributed by atoms with E-state index in [0.29, 0.717) is 12.0 Å². The third-order valence-electron chi connectivity index (χ3n) is 3.91. The molecule has 1 aliphatic carbocycles. The van der Waals surface area contributed by atoms with Gasteiger partial charge in [0.25, 0.3) is 0 Å². The fourth-order valence-corrected chi connectivity index (χ4v) is 3.98. The molecule has 2 heterocycles. The Kier molecular flexibility index (Phi) is 3.61. The first-order chi connectivity index (χ1) is 9.28. The van der Waals surface area contributed by atoms with Gasteiger partial charge in [0, 0.05) is 23.3 Å². The van der Waals surface area contributed by atoms with Crippen LogP contribution in [0.25, 0.3) is 0 Å². The van der Waals surface area contributed by atoms with Crippen molar-refractivity contribution in [1.29, 1.82) is 0 Å². The van der Waals surface area contributed by atoms with Crippen LogP contribution in [0.15, 0.2) is 11.4 Å². The van der Waals surface area contributed by atoms with Gasteiger partial charge in [-0.1, -0.05) is 0 Å². The molecule has 0 amide bonds. The smallest absolute Gasteiger partial charge is 0.176 e. The lowest BCUT2D eigenvalue weighted by atomic mass is 9.81. The summed E-state index contributed by atoms with van der Waals surface area (Å²) in [7, 11) is 3.84. The number of fused-ring (bicyclic) bond motifs is 1. The lowest BCUT2D eigenvalue weighted by Gasteiger charge is -2.29. The molecule has 2 unspecified atom stereocenters. The molecule has 0 saturated heterocycles. The summed E-state index contributed by atoms with van der Waals surface area (Å²) < 4.78 is 0. The number of tetrazole rings is 1. The largest absolute Gasteiger partial charge is 0.316 e. The minimum atomic E-state index is 0.387. The van der Waals surface area contributed by atoms with Gasteiger partial charge in [-0.2, -0.15) is 4.80 Å². The zero-order chi connectivity index (χ0) is 13.2. The first-order valence-electron chi connectivity index (χ1n) is 6.74. The highest BCUT2D eigenvalue weighted by Crippen LogP contribution is 2.37. The lowest BCUT2D eigenvalue weighted by molar-refractivity contribution is 0.408. The molecule has 0 aromatic carbocycles. The molecule has 2 atom stereocenters. The van der Waals surface area contributed by atoms with E-state index in [4.69, 9.17) is 0 Å². The SMILES string of the molecule is CNC(Cc1nnn(C)n1)C1CCCc2sccc21. The highest BCUT2D eigenvalue weighted by atomic mass is 32.1. The Morgan fingerprint density at radius 3 is 3.21 bits per heavy atom. The number of hydrogen-bond acceptors (Lipinski definition) is 5. The molecule has 1 aliphatic rings. The van der Waals surface area contributed by atoms with Crippen molar-refractivity contribution >= 4 is 11.3 Å². The Labute approximate surface area is 117 Å². The average Bonchev–Trinajstić information content (AvgIpc) is 3.04. The minimum absolute atomic E-state index is 0.387. The third-order valence-corrected chi connectivity index (χ3v) is 4.90. The molecular weight excluding hydrogens is 258 g/mol. The van der Waals surface area contributed by atoms with E-state index in [1.54, 1.807) is 4.88 Å². The first-order valence-corrected chi connectivity index (χ1v) is 7.62. The molecule has 102 valence electrons. The molecule has 2 aromatic rings. The van der Waals surface area contributed by atoms with Gasteiger partial charge >= 0.3 is 0 Å². The van der Waals surface area contributed by atoms with Crippen molar-refractivity contribution in [3.05, 3.63) is 27.7 Å². The Balaban J connectivity index is 1.80. The summed E-state index contributed by atoms with van der Waals surface area (Å²) in [5.74, 6) is 1.40. The topological polar surface area (TPSA) is 55.6 Å². The van der Waals surface area contributed by atoms with Crippen LogP contribution in [-0.4, -0.2) is 33.3 Å². The van der Waals surface area contributed by atoms with Crippen molar-refractivity contribution in [3.63, 3.8) is 0 Å². The number of nitrogens with one attached hydrogen (secondary N) is 1. The van der Waals surface area contributed by atoms with Gasteiger partial charge in [0.2, 0.25) is 0 Å². The fraction of sp³-hybridized carbons (Fsp3) is 0.615. The number of aryl methyl sites for hydroxylation is 2. The second-order valence-electron chi connectivity index (χ2n) is 5.09. The molecule has 2 aromatic heterocycles. The summed E-state index contributed by atoms with van der Waals surface area (Å²) in [5, 5.41) is 18.0. The molecule has 0 saturated carbocycles. The van der Waals surface area contributed by atoms with E-state index in [2.05, 4.69) is 32.2 Å². The second kappa shape index (κ2) is 5.38.